The molecule has 36 heavy (non-hydrogen) atoms. The van der Waals surface area contributed by atoms with Gasteiger partial charge in [0, 0.05) is 24.5 Å². The van der Waals surface area contributed by atoms with Gasteiger partial charge in [-0.1, -0.05) is 42.5 Å². The number of urea groups is 1. The smallest absolute Gasteiger partial charge is 0.321 e. The van der Waals surface area contributed by atoms with Gasteiger partial charge in [-0.05, 0) is 76.2 Å². The van der Waals surface area contributed by atoms with Crippen molar-refractivity contribution in [1.29, 1.82) is 0 Å². The Morgan fingerprint density at radius 2 is 1.67 bits per heavy atom. The molecule has 1 aliphatic carbocycles. The Bertz CT molecular complexity index is 1010. The van der Waals surface area contributed by atoms with E-state index in [4.69, 9.17) is 10.5 Å². The van der Waals surface area contributed by atoms with Crippen molar-refractivity contribution in [1.82, 2.24) is 10.2 Å². The molecule has 1 saturated heterocycles. The maximum Gasteiger partial charge on any atom is 0.321 e. The zero-order valence-electron chi connectivity index (χ0n) is 21.6. The number of nitrogens with one attached hydrogen (secondary N) is 1. The highest BCUT2D eigenvalue weighted by Crippen LogP contribution is 2.44. The first-order valence-corrected chi connectivity index (χ1v) is 13.2. The molecule has 2 aliphatic rings. The van der Waals surface area contributed by atoms with E-state index in [2.05, 4.69) is 54.6 Å². The van der Waals surface area contributed by atoms with E-state index in [9.17, 15) is 9.59 Å². The SMILES string of the molecule is CN(C)C1(c2ccccc2)CCC(CCCN(C(=O)NCC2COC2)c2ccccc2C(N)=O)CC1. The van der Waals surface area contributed by atoms with Crippen molar-refractivity contribution in [2.75, 3.05) is 45.3 Å². The Morgan fingerprint density at radius 1 is 1.00 bits per heavy atom. The highest BCUT2D eigenvalue weighted by atomic mass is 16.5. The van der Waals surface area contributed by atoms with E-state index in [1.54, 1.807) is 23.1 Å². The Morgan fingerprint density at radius 3 is 2.28 bits per heavy atom. The third-order valence-electron chi connectivity index (χ3n) is 8.05. The number of hydrogen-bond donors (Lipinski definition) is 2. The second kappa shape index (κ2) is 11.9. The third kappa shape index (κ3) is 5.90. The number of para-hydroxylation sites is 1. The minimum atomic E-state index is -0.524. The van der Waals surface area contributed by atoms with Gasteiger partial charge in [-0.15, -0.1) is 0 Å². The van der Waals surface area contributed by atoms with E-state index >= 15 is 0 Å². The normalized spacial score (nSPS) is 22.1. The zero-order chi connectivity index (χ0) is 25.5. The number of primary amides is 1. The van der Waals surface area contributed by atoms with Crippen LogP contribution in [-0.4, -0.2) is 57.2 Å². The summed E-state index contributed by atoms with van der Waals surface area (Å²) in [7, 11) is 4.38. The van der Waals surface area contributed by atoms with Crippen molar-refractivity contribution in [3.05, 3.63) is 65.7 Å². The van der Waals surface area contributed by atoms with Crippen molar-refractivity contribution in [3.63, 3.8) is 0 Å². The number of anilines is 1. The fourth-order valence-corrected chi connectivity index (χ4v) is 5.70. The van der Waals surface area contributed by atoms with Gasteiger partial charge in [0.05, 0.1) is 24.5 Å². The molecule has 0 unspecified atom stereocenters. The van der Waals surface area contributed by atoms with Crippen LogP contribution < -0.4 is 16.0 Å². The molecule has 1 heterocycles. The van der Waals surface area contributed by atoms with Gasteiger partial charge in [0.2, 0.25) is 0 Å². The molecule has 0 radical (unpaired) electrons. The predicted octanol–water partition coefficient (Wildman–Crippen LogP) is 4.38. The number of amides is 3. The van der Waals surface area contributed by atoms with Crippen molar-refractivity contribution in [2.45, 2.75) is 44.1 Å². The van der Waals surface area contributed by atoms with E-state index in [1.165, 1.54) is 18.4 Å². The van der Waals surface area contributed by atoms with Crippen LogP contribution in [0.15, 0.2) is 54.6 Å². The Hall–Kier alpha value is -2.90. The highest BCUT2D eigenvalue weighted by molar-refractivity contribution is 6.03. The summed E-state index contributed by atoms with van der Waals surface area (Å²) in [5.74, 6) is 0.459. The van der Waals surface area contributed by atoms with E-state index in [0.29, 0.717) is 49.4 Å². The molecule has 0 aromatic heterocycles. The van der Waals surface area contributed by atoms with Crippen LogP contribution in [-0.2, 0) is 10.3 Å². The Labute approximate surface area is 215 Å². The van der Waals surface area contributed by atoms with Gasteiger partial charge in [-0.2, -0.15) is 0 Å². The monoisotopic (exact) mass is 492 g/mol. The third-order valence-corrected chi connectivity index (χ3v) is 8.05. The fraction of sp³-hybridized carbons (Fsp3) is 0.517. The van der Waals surface area contributed by atoms with Gasteiger partial charge in [0.15, 0.2) is 0 Å². The minimum absolute atomic E-state index is 0.0926. The summed E-state index contributed by atoms with van der Waals surface area (Å²) in [6.45, 7) is 2.47. The summed E-state index contributed by atoms with van der Waals surface area (Å²) >= 11 is 0. The molecule has 194 valence electrons. The Balaban J connectivity index is 1.38. The number of nitrogens with two attached hydrogens (primary N) is 1. The summed E-state index contributed by atoms with van der Waals surface area (Å²) in [6.07, 6.45) is 6.52. The molecule has 3 amide bonds. The molecule has 0 bridgehead atoms. The molecule has 2 fully saturated rings. The first-order chi connectivity index (χ1) is 17.4. The topological polar surface area (TPSA) is 87.9 Å². The molecular formula is C29H40N4O3. The summed E-state index contributed by atoms with van der Waals surface area (Å²) < 4.78 is 5.22. The maximum absolute atomic E-state index is 13.2. The van der Waals surface area contributed by atoms with E-state index in [-0.39, 0.29) is 11.6 Å². The summed E-state index contributed by atoms with van der Waals surface area (Å²) in [6, 6.07) is 17.8. The van der Waals surface area contributed by atoms with Crippen molar-refractivity contribution in [3.8, 4) is 0 Å². The molecular weight excluding hydrogens is 452 g/mol. The van der Waals surface area contributed by atoms with Gasteiger partial charge < -0.3 is 15.8 Å². The van der Waals surface area contributed by atoms with Crippen molar-refractivity contribution < 1.29 is 14.3 Å². The van der Waals surface area contributed by atoms with Crippen molar-refractivity contribution in [2.24, 2.45) is 17.6 Å². The standard InChI is InChI=1S/C29H40N4O3/c1-32(2)29(24-10-4-3-5-11-24)16-14-22(15-17-29)9-8-18-33(28(35)31-19-23-20-36-21-23)26-13-7-6-12-25(26)27(30)34/h3-7,10-13,22-23H,8-9,14-21H2,1-2H3,(H2,30,34)(H,31,35). The van der Waals surface area contributed by atoms with Crippen LogP contribution >= 0.6 is 0 Å². The van der Waals surface area contributed by atoms with Gasteiger partial charge in [-0.3, -0.25) is 14.6 Å². The van der Waals surface area contributed by atoms with Gasteiger partial charge >= 0.3 is 6.03 Å². The molecule has 1 aliphatic heterocycles. The largest absolute Gasteiger partial charge is 0.381 e. The van der Waals surface area contributed by atoms with Crippen LogP contribution in [0.4, 0.5) is 10.5 Å². The second-order valence-corrected chi connectivity index (χ2v) is 10.5. The highest BCUT2D eigenvalue weighted by Gasteiger charge is 2.38. The predicted molar refractivity (Wildman–Crippen MR) is 143 cm³/mol. The zero-order valence-corrected chi connectivity index (χ0v) is 21.6. The fourth-order valence-electron chi connectivity index (χ4n) is 5.70. The van der Waals surface area contributed by atoms with Crippen LogP contribution in [0.25, 0.3) is 0 Å². The van der Waals surface area contributed by atoms with Gasteiger partial charge in [0.25, 0.3) is 5.91 Å². The minimum Gasteiger partial charge on any atom is -0.381 e. The molecule has 7 nitrogen and oxygen atoms in total. The summed E-state index contributed by atoms with van der Waals surface area (Å²) in [4.78, 5) is 29.3. The molecule has 0 atom stereocenters. The first-order valence-electron chi connectivity index (χ1n) is 13.2. The molecule has 3 N–H and O–H groups in total. The van der Waals surface area contributed by atoms with Crippen LogP contribution in [0.2, 0.25) is 0 Å². The van der Waals surface area contributed by atoms with E-state index < -0.39 is 5.91 Å². The lowest BCUT2D eigenvalue weighted by molar-refractivity contribution is -0.0293. The second-order valence-electron chi connectivity index (χ2n) is 10.5. The quantitative estimate of drug-likeness (QED) is 0.515. The average Bonchev–Trinajstić information content (AvgIpc) is 2.86. The molecule has 1 saturated carbocycles. The number of rotatable bonds is 10. The van der Waals surface area contributed by atoms with E-state index in [1.807, 2.05) is 6.07 Å². The molecule has 2 aromatic carbocycles. The van der Waals surface area contributed by atoms with Gasteiger partial charge in [-0.25, -0.2) is 4.79 Å². The molecule has 0 spiro atoms. The summed E-state index contributed by atoms with van der Waals surface area (Å²) in [5, 5.41) is 3.03. The lowest BCUT2D eigenvalue weighted by Gasteiger charge is -2.45. The maximum atomic E-state index is 13.2. The molecule has 2 aromatic rings. The van der Waals surface area contributed by atoms with Crippen LogP contribution in [0.1, 0.15) is 54.4 Å². The van der Waals surface area contributed by atoms with Crippen LogP contribution in [0.5, 0.6) is 0 Å². The summed E-state index contributed by atoms with van der Waals surface area (Å²) in [5.41, 5.74) is 8.07. The molecule has 4 rings (SSSR count). The number of nitrogens with zero attached hydrogens (tertiary/aromatic N) is 2. The average molecular weight is 493 g/mol. The number of ether oxygens (including phenoxy) is 1. The van der Waals surface area contributed by atoms with Crippen LogP contribution in [0.3, 0.4) is 0 Å². The Kier molecular flexibility index (Phi) is 8.64. The van der Waals surface area contributed by atoms with Crippen LogP contribution in [0, 0.1) is 11.8 Å². The van der Waals surface area contributed by atoms with Crippen molar-refractivity contribution >= 4 is 17.6 Å². The first kappa shape index (κ1) is 26.2. The number of carbonyl (C=O) groups excluding carboxylic acids is 2. The van der Waals surface area contributed by atoms with Gasteiger partial charge in [0.1, 0.15) is 0 Å². The number of carbonyl (C=O) groups is 2. The number of hydrogen-bond acceptors (Lipinski definition) is 4. The van der Waals surface area contributed by atoms with E-state index in [0.717, 1.165) is 25.7 Å². The lowest BCUT2D eigenvalue weighted by Crippen LogP contribution is -2.46. The molecule has 7 heteroatoms. The number of benzene rings is 2. The lowest BCUT2D eigenvalue weighted by atomic mass is 9.71.